The van der Waals surface area contributed by atoms with E-state index in [1.165, 1.54) is 135 Å². The van der Waals surface area contributed by atoms with Crippen LogP contribution < -0.4 is 6.15 Å². The fraction of sp³-hybridized carbons (Fsp3) is 1.00. The zero-order valence-electron chi connectivity index (χ0n) is 19.4. The van der Waals surface area contributed by atoms with Crippen molar-refractivity contribution in [3.63, 3.8) is 0 Å². The standard InChI is InChI=1S/C24H51N.ClH.H3N/c1-4-7-10-13-16-19-22-25(23-20-17-14-11-8-5-2)24-21-18-15-12-9-6-3;;/h4-24H2,1-3H3;1H;1H3. The Bertz CT molecular complexity index is 198. The van der Waals surface area contributed by atoms with Crippen LogP contribution in [0.5, 0.6) is 0 Å². The lowest BCUT2D eigenvalue weighted by molar-refractivity contribution is 0.254. The molecule has 0 saturated carbocycles. The van der Waals surface area contributed by atoms with Gasteiger partial charge in [0.1, 0.15) is 0 Å². The van der Waals surface area contributed by atoms with Gasteiger partial charge in [-0.05, 0) is 38.9 Å². The van der Waals surface area contributed by atoms with E-state index < -0.39 is 0 Å². The van der Waals surface area contributed by atoms with Gasteiger partial charge in [-0.25, -0.2) is 0 Å². The highest BCUT2D eigenvalue weighted by molar-refractivity contribution is 5.85. The van der Waals surface area contributed by atoms with Crippen molar-refractivity contribution in [1.82, 2.24) is 11.1 Å². The summed E-state index contributed by atoms with van der Waals surface area (Å²) in [5.74, 6) is 0. The van der Waals surface area contributed by atoms with Crippen LogP contribution in [0.15, 0.2) is 0 Å². The fourth-order valence-electron chi connectivity index (χ4n) is 3.68. The molecule has 0 rings (SSSR count). The molecule has 0 aromatic carbocycles. The van der Waals surface area contributed by atoms with Gasteiger partial charge in [0.05, 0.1) is 0 Å². The molecule has 27 heavy (non-hydrogen) atoms. The van der Waals surface area contributed by atoms with Crippen molar-refractivity contribution >= 4 is 12.4 Å². The maximum atomic E-state index is 2.79. The first kappa shape index (κ1) is 31.9. The van der Waals surface area contributed by atoms with E-state index in [-0.39, 0.29) is 18.6 Å². The summed E-state index contributed by atoms with van der Waals surface area (Å²) in [6.45, 7) is 11.0. The van der Waals surface area contributed by atoms with Crippen LogP contribution in [0, 0.1) is 0 Å². The average molecular weight is 407 g/mol. The Morgan fingerprint density at radius 3 is 0.852 bits per heavy atom. The zero-order valence-corrected chi connectivity index (χ0v) is 20.2. The van der Waals surface area contributed by atoms with Crippen molar-refractivity contribution in [2.24, 2.45) is 0 Å². The predicted molar refractivity (Wildman–Crippen MR) is 129 cm³/mol. The second-order valence-electron chi connectivity index (χ2n) is 8.14. The van der Waals surface area contributed by atoms with E-state index in [1.807, 2.05) is 0 Å². The summed E-state index contributed by atoms with van der Waals surface area (Å²) >= 11 is 0. The number of nitrogens with zero attached hydrogens (tertiary/aromatic N) is 1. The van der Waals surface area contributed by atoms with Gasteiger partial charge in [-0.1, -0.05) is 117 Å². The molecule has 2 nitrogen and oxygen atoms in total. The molecule has 0 aromatic heterocycles. The first-order valence-corrected chi connectivity index (χ1v) is 12.1. The minimum absolute atomic E-state index is 0. The number of halogens is 1. The van der Waals surface area contributed by atoms with Crippen molar-refractivity contribution in [2.75, 3.05) is 19.6 Å². The number of hydrogen-bond acceptors (Lipinski definition) is 2. The number of unbranched alkanes of at least 4 members (excludes halogenated alkanes) is 15. The highest BCUT2D eigenvalue weighted by Crippen LogP contribution is 2.11. The van der Waals surface area contributed by atoms with Gasteiger partial charge in [0.15, 0.2) is 0 Å². The van der Waals surface area contributed by atoms with E-state index in [2.05, 4.69) is 25.7 Å². The Kier molecular flexibility index (Phi) is 33.6. The Hall–Kier alpha value is 0.210. The van der Waals surface area contributed by atoms with Crippen LogP contribution >= 0.6 is 12.4 Å². The van der Waals surface area contributed by atoms with Crippen LogP contribution in [-0.4, -0.2) is 24.5 Å². The molecular formula is C24H55ClN2. The maximum Gasteiger partial charge on any atom is -0.00187 e. The molecule has 0 bridgehead atoms. The fourth-order valence-corrected chi connectivity index (χ4v) is 3.68. The number of hydrogen-bond donors (Lipinski definition) is 1. The molecule has 0 unspecified atom stereocenters. The van der Waals surface area contributed by atoms with Crippen LogP contribution in [0.25, 0.3) is 0 Å². The molecule has 0 spiro atoms. The van der Waals surface area contributed by atoms with Crippen molar-refractivity contribution in [1.29, 1.82) is 0 Å². The molecule has 0 aliphatic rings. The van der Waals surface area contributed by atoms with Gasteiger partial charge in [-0.3, -0.25) is 0 Å². The van der Waals surface area contributed by atoms with Crippen LogP contribution in [0.2, 0.25) is 0 Å². The SMILES string of the molecule is CCCCCCCCN(CCCCCCCC)CCCCCCCC.Cl.N. The first-order chi connectivity index (χ1) is 12.3. The van der Waals surface area contributed by atoms with Crippen LogP contribution in [-0.2, 0) is 0 Å². The molecule has 0 atom stereocenters. The minimum Gasteiger partial charge on any atom is -0.344 e. The predicted octanol–water partition coefficient (Wildman–Crippen LogP) is 8.95. The summed E-state index contributed by atoms with van der Waals surface area (Å²) < 4.78 is 0. The summed E-state index contributed by atoms with van der Waals surface area (Å²) in [5.41, 5.74) is 0. The Balaban J connectivity index is -0.00000288. The van der Waals surface area contributed by atoms with Gasteiger partial charge in [0, 0.05) is 0 Å². The maximum absolute atomic E-state index is 2.79. The monoisotopic (exact) mass is 406 g/mol. The Morgan fingerprint density at radius 1 is 0.370 bits per heavy atom. The lowest BCUT2D eigenvalue weighted by Crippen LogP contribution is -2.27. The first-order valence-electron chi connectivity index (χ1n) is 12.1. The van der Waals surface area contributed by atoms with Crippen molar-refractivity contribution in [3.05, 3.63) is 0 Å². The van der Waals surface area contributed by atoms with Gasteiger partial charge >= 0.3 is 0 Å². The third-order valence-electron chi connectivity index (χ3n) is 5.48. The van der Waals surface area contributed by atoms with Gasteiger partial charge in [0.25, 0.3) is 0 Å². The van der Waals surface area contributed by atoms with Crippen molar-refractivity contribution < 1.29 is 0 Å². The summed E-state index contributed by atoms with van der Waals surface area (Å²) in [4.78, 5) is 2.79. The summed E-state index contributed by atoms with van der Waals surface area (Å²) in [5, 5.41) is 0. The van der Waals surface area contributed by atoms with E-state index in [1.54, 1.807) is 0 Å². The highest BCUT2D eigenvalue weighted by atomic mass is 35.5. The topological polar surface area (TPSA) is 38.2 Å². The highest BCUT2D eigenvalue weighted by Gasteiger charge is 2.05. The summed E-state index contributed by atoms with van der Waals surface area (Å²) in [6.07, 6.45) is 25.7. The van der Waals surface area contributed by atoms with E-state index >= 15 is 0 Å². The molecule has 0 saturated heterocycles. The van der Waals surface area contributed by atoms with Gasteiger partial charge in [-0.15, -0.1) is 12.4 Å². The quantitative estimate of drug-likeness (QED) is 0.193. The molecule has 3 N–H and O–H groups in total. The largest absolute Gasteiger partial charge is 0.344 e. The van der Waals surface area contributed by atoms with E-state index in [4.69, 9.17) is 0 Å². The molecule has 168 valence electrons. The molecule has 3 heteroatoms. The smallest absolute Gasteiger partial charge is 0.00187 e. The molecule has 0 aliphatic carbocycles. The minimum atomic E-state index is 0. The average Bonchev–Trinajstić information content (AvgIpc) is 2.63. The molecule has 0 fully saturated rings. The van der Waals surface area contributed by atoms with Crippen molar-refractivity contribution in [2.45, 2.75) is 136 Å². The van der Waals surface area contributed by atoms with Gasteiger partial charge in [0.2, 0.25) is 0 Å². The van der Waals surface area contributed by atoms with Crippen LogP contribution in [0.1, 0.15) is 136 Å². The van der Waals surface area contributed by atoms with E-state index in [0.29, 0.717) is 0 Å². The lowest BCUT2D eigenvalue weighted by Gasteiger charge is -2.22. The number of rotatable bonds is 21. The summed E-state index contributed by atoms with van der Waals surface area (Å²) in [7, 11) is 0. The van der Waals surface area contributed by atoms with E-state index in [0.717, 1.165) is 0 Å². The van der Waals surface area contributed by atoms with Crippen LogP contribution in [0.4, 0.5) is 0 Å². The molecule has 0 radical (unpaired) electrons. The van der Waals surface area contributed by atoms with Crippen molar-refractivity contribution in [3.8, 4) is 0 Å². The molecule has 0 amide bonds. The lowest BCUT2D eigenvalue weighted by atomic mass is 10.1. The Labute approximate surface area is 179 Å². The Morgan fingerprint density at radius 2 is 0.593 bits per heavy atom. The molecule has 0 aromatic rings. The molecule has 0 aliphatic heterocycles. The molecule has 0 heterocycles. The third-order valence-corrected chi connectivity index (χ3v) is 5.48. The van der Waals surface area contributed by atoms with Gasteiger partial charge in [-0.2, -0.15) is 0 Å². The molecular weight excluding hydrogens is 352 g/mol. The van der Waals surface area contributed by atoms with Gasteiger partial charge < -0.3 is 11.1 Å². The zero-order chi connectivity index (χ0) is 18.4. The second-order valence-corrected chi connectivity index (χ2v) is 8.14. The second kappa shape index (κ2) is 28.4. The van der Waals surface area contributed by atoms with Crippen LogP contribution in [0.3, 0.4) is 0 Å². The third kappa shape index (κ3) is 26.2. The van der Waals surface area contributed by atoms with E-state index in [9.17, 15) is 0 Å². The summed E-state index contributed by atoms with van der Waals surface area (Å²) in [6, 6.07) is 0. The normalized spacial score (nSPS) is 10.7.